The molecule has 90 valence electrons. The molecule has 18 heavy (non-hydrogen) atoms. The molecule has 1 heterocycles. The lowest BCUT2D eigenvalue weighted by atomic mass is 10.2. The van der Waals surface area contributed by atoms with Gasteiger partial charge in [0.25, 0.3) is 0 Å². The lowest BCUT2D eigenvalue weighted by molar-refractivity contribution is 1.12. The van der Waals surface area contributed by atoms with E-state index in [0.29, 0.717) is 0 Å². The van der Waals surface area contributed by atoms with Crippen molar-refractivity contribution in [3.8, 4) is 5.69 Å². The Kier molecular flexibility index (Phi) is 2.63. The highest BCUT2D eigenvalue weighted by Gasteiger charge is 2.08. The van der Waals surface area contributed by atoms with E-state index in [-0.39, 0.29) is 0 Å². The largest absolute Gasteiger partial charge is 0.397 e. The summed E-state index contributed by atoms with van der Waals surface area (Å²) in [6.45, 7) is 2.12. The van der Waals surface area contributed by atoms with Crippen LogP contribution in [-0.2, 0) is 0 Å². The van der Waals surface area contributed by atoms with Crippen molar-refractivity contribution in [2.24, 2.45) is 0 Å². The topological polar surface area (TPSA) is 30.9 Å². The smallest absolute Gasteiger partial charge is 0.0686 e. The van der Waals surface area contributed by atoms with Gasteiger partial charge >= 0.3 is 0 Å². The van der Waals surface area contributed by atoms with E-state index in [9.17, 15) is 0 Å². The number of halogens is 1. The molecule has 0 unspecified atom stereocenters. The fraction of sp³-hybridized carbons (Fsp3) is 0.0667. The summed E-state index contributed by atoms with van der Waals surface area (Å²) in [5, 5.41) is 1.26. The van der Waals surface area contributed by atoms with Crippen LogP contribution >= 0.6 is 15.9 Å². The lowest BCUT2D eigenvalue weighted by Gasteiger charge is -2.09. The third kappa shape index (κ3) is 1.71. The highest BCUT2D eigenvalue weighted by Crippen LogP contribution is 2.28. The molecule has 0 spiro atoms. The van der Waals surface area contributed by atoms with Gasteiger partial charge in [-0.05, 0) is 36.8 Å². The van der Waals surface area contributed by atoms with E-state index in [2.05, 4.69) is 51.8 Å². The van der Waals surface area contributed by atoms with Gasteiger partial charge < -0.3 is 10.3 Å². The summed E-state index contributed by atoms with van der Waals surface area (Å²) in [6.07, 6.45) is 2.13. The summed E-state index contributed by atoms with van der Waals surface area (Å²) in [6, 6.07) is 14.3. The number of hydrogen-bond donors (Lipinski definition) is 1. The zero-order valence-electron chi connectivity index (χ0n) is 10.0. The van der Waals surface area contributed by atoms with Gasteiger partial charge in [-0.15, -0.1) is 0 Å². The number of para-hydroxylation sites is 1. The molecule has 3 rings (SSSR count). The molecule has 0 saturated heterocycles. The average molecular weight is 301 g/mol. The van der Waals surface area contributed by atoms with E-state index in [1.807, 2.05) is 24.3 Å². The van der Waals surface area contributed by atoms with Gasteiger partial charge in [-0.1, -0.05) is 34.1 Å². The zero-order chi connectivity index (χ0) is 12.7. The molecule has 2 N–H and O–H groups in total. The third-order valence-electron chi connectivity index (χ3n) is 3.16. The van der Waals surface area contributed by atoms with E-state index in [1.54, 1.807) is 0 Å². The van der Waals surface area contributed by atoms with Gasteiger partial charge in [-0.2, -0.15) is 0 Å². The third-order valence-corrected chi connectivity index (χ3v) is 3.65. The number of rotatable bonds is 1. The second-order valence-electron chi connectivity index (χ2n) is 4.40. The van der Waals surface area contributed by atoms with Crippen LogP contribution < -0.4 is 5.73 Å². The van der Waals surface area contributed by atoms with E-state index < -0.39 is 0 Å². The van der Waals surface area contributed by atoms with Gasteiger partial charge in [0.2, 0.25) is 0 Å². The number of nitrogens with two attached hydrogens (primary N) is 1. The van der Waals surface area contributed by atoms with Gasteiger partial charge in [-0.3, -0.25) is 0 Å². The summed E-state index contributed by atoms with van der Waals surface area (Å²) in [4.78, 5) is 0. The number of nitrogens with zero attached hydrogens (tertiary/aromatic N) is 1. The molecule has 0 amide bonds. The number of aryl methyl sites for hydroxylation is 1. The Labute approximate surface area is 114 Å². The average Bonchev–Trinajstić information content (AvgIpc) is 2.68. The number of nitrogen functional groups attached to an aromatic ring is 1. The SMILES string of the molecule is Cc1cn(-c2ccc(Br)cc2N)c2ccccc12. The molecule has 2 nitrogen and oxygen atoms in total. The Morgan fingerprint density at radius 3 is 2.67 bits per heavy atom. The molecule has 0 aliphatic heterocycles. The number of fused-ring (bicyclic) bond motifs is 1. The first-order valence-corrected chi connectivity index (χ1v) is 6.58. The van der Waals surface area contributed by atoms with E-state index in [0.717, 1.165) is 15.8 Å². The molecule has 0 atom stereocenters. The Morgan fingerprint density at radius 2 is 1.89 bits per heavy atom. The van der Waals surface area contributed by atoms with E-state index in [4.69, 9.17) is 5.73 Å². The van der Waals surface area contributed by atoms with Crippen molar-refractivity contribution in [3.05, 3.63) is 58.7 Å². The van der Waals surface area contributed by atoms with Gasteiger partial charge in [0.05, 0.1) is 16.9 Å². The van der Waals surface area contributed by atoms with Gasteiger partial charge in [0.1, 0.15) is 0 Å². The molecule has 0 aliphatic rings. The van der Waals surface area contributed by atoms with Crippen molar-refractivity contribution >= 4 is 32.5 Å². The molecule has 0 fully saturated rings. The van der Waals surface area contributed by atoms with Gasteiger partial charge in [0, 0.05) is 16.1 Å². The molecule has 0 aliphatic carbocycles. The van der Waals surface area contributed by atoms with Crippen molar-refractivity contribution in [2.45, 2.75) is 6.92 Å². The van der Waals surface area contributed by atoms with Crippen LogP contribution in [0.4, 0.5) is 5.69 Å². The molecular formula is C15H13BrN2. The molecule has 1 aromatic heterocycles. The minimum Gasteiger partial charge on any atom is -0.397 e. The van der Waals surface area contributed by atoms with Crippen LogP contribution in [0.3, 0.4) is 0 Å². The lowest BCUT2D eigenvalue weighted by Crippen LogP contribution is -1.98. The second kappa shape index (κ2) is 4.18. The maximum absolute atomic E-state index is 6.10. The molecule has 3 aromatic rings. The summed E-state index contributed by atoms with van der Waals surface area (Å²) >= 11 is 3.43. The number of aromatic nitrogens is 1. The first-order chi connectivity index (χ1) is 8.66. The molecule has 0 radical (unpaired) electrons. The fourth-order valence-corrected chi connectivity index (χ4v) is 2.67. The Bertz CT molecular complexity index is 728. The molecule has 2 aromatic carbocycles. The number of benzene rings is 2. The van der Waals surface area contributed by atoms with Crippen LogP contribution in [0, 0.1) is 6.92 Å². The van der Waals surface area contributed by atoms with Crippen LogP contribution in [0.2, 0.25) is 0 Å². The van der Waals surface area contributed by atoms with Crippen molar-refractivity contribution in [3.63, 3.8) is 0 Å². The van der Waals surface area contributed by atoms with Crippen LogP contribution in [0.5, 0.6) is 0 Å². The number of hydrogen-bond acceptors (Lipinski definition) is 1. The first-order valence-electron chi connectivity index (χ1n) is 5.79. The van der Waals surface area contributed by atoms with E-state index >= 15 is 0 Å². The van der Waals surface area contributed by atoms with Crippen LogP contribution in [0.25, 0.3) is 16.6 Å². The maximum Gasteiger partial charge on any atom is 0.0686 e. The Hall–Kier alpha value is -1.74. The summed E-state index contributed by atoms with van der Waals surface area (Å²) in [5.41, 5.74) is 10.3. The van der Waals surface area contributed by atoms with Crippen LogP contribution in [-0.4, -0.2) is 4.57 Å². The highest BCUT2D eigenvalue weighted by atomic mass is 79.9. The molecular weight excluding hydrogens is 288 g/mol. The standard InChI is InChI=1S/C15H13BrN2/c1-10-9-18(14-5-3-2-4-12(10)14)15-7-6-11(16)8-13(15)17/h2-9H,17H2,1H3. The van der Waals surface area contributed by atoms with Crippen molar-refractivity contribution < 1.29 is 0 Å². The fourth-order valence-electron chi connectivity index (χ4n) is 2.29. The normalized spacial score (nSPS) is 11.0. The highest BCUT2D eigenvalue weighted by molar-refractivity contribution is 9.10. The minimum atomic E-state index is 0.769. The predicted molar refractivity (Wildman–Crippen MR) is 80.1 cm³/mol. The zero-order valence-corrected chi connectivity index (χ0v) is 11.6. The summed E-state index contributed by atoms with van der Waals surface area (Å²) in [5.74, 6) is 0. The first kappa shape index (κ1) is 11.4. The minimum absolute atomic E-state index is 0.769. The number of anilines is 1. The molecule has 0 bridgehead atoms. The Morgan fingerprint density at radius 1 is 1.11 bits per heavy atom. The molecule has 0 saturated carbocycles. The van der Waals surface area contributed by atoms with Crippen LogP contribution in [0.1, 0.15) is 5.56 Å². The van der Waals surface area contributed by atoms with Gasteiger partial charge in [0.15, 0.2) is 0 Å². The second-order valence-corrected chi connectivity index (χ2v) is 5.32. The maximum atomic E-state index is 6.10. The van der Waals surface area contributed by atoms with Crippen molar-refractivity contribution in [2.75, 3.05) is 5.73 Å². The van der Waals surface area contributed by atoms with Crippen molar-refractivity contribution in [1.29, 1.82) is 0 Å². The van der Waals surface area contributed by atoms with E-state index in [1.165, 1.54) is 16.5 Å². The predicted octanol–water partition coefficient (Wildman–Crippen LogP) is 4.28. The summed E-state index contributed by atoms with van der Waals surface area (Å²) < 4.78 is 3.14. The van der Waals surface area contributed by atoms with Crippen molar-refractivity contribution in [1.82, 2.24) is 4.57 Å². The monoisotopic (exact) mass is 300 g/mol. The van der Waals surface area contributed by atoms with Gasteiger partial charge in [-0.25, -0.2) is 0 Å². The Balaban J connectivity index is 2.32. The quantitative estimate of drug-likeness (QED) is 0.668. The molecule has 3 heteroatoms. The summed E-state index contributed by atoms with van der Waals surface area (Å²) in [7, 11) is 0. The van der Waals surface area contributed by atoms with Crippen LogP contribution in [0.15, 0.2) is 53.1 Å².